The summed E-state index contributed by atoms with van der Waals surface area (Å²) < 4.78 is 5.21. The second-order valence-electron chi connectivity index (χ2n) is 8.70. The summed E-state index contributed by atoms with van der Waals surface area (Å²) in [6.07, 6.45) is 4.07. The lowest BCUT2D eigenvalue weighted by atomic mass is 10.0. The van der Waals surface area contributed by atoms with E-state index in [4.69, 9.17) is 4.74 Å². The maximum Gasteiger partial charge on any atom is 0.408 e. The number of carbonyl (C=O) groups excluding carboxylic acids is 3. The van der Waals surface area contributed by atoms with Crippen LogP contribution in [0.3, 0.4) is 0 Å². The molecule has 30 heavy (non-hydrogen) atoms. The van der Waals surface area contributed by atoms with Crippen molar-refractivity contribution < 1.29 is 19.1 Å². The van der Waals surface area contributed by atoms with Gasteiger partial charge < -0.3 is 20.3 Å². The molecular weight excluding hydrogens is 382 g/mol. The fourth-order valence-corrected chi connectivity index (χ4v) is 3.22. The molecule has 7 heteroatoms. The van der Waals surface area contributed by atoms with Gasteiger partial charge in [0.05, 0.1) is 0 Å². The lowest BCUT2D eigenvalue weighted by Crippen LogP contribution is -2.49. The van der Waals surface area contributed by atoms with E-state index in [0.29, 0.717) is 6.54 Å². The Morgan fingerprint density at radius 3 is 2.33 bits per heavy atom. The van der Waals surface area contributed by atoms with Gasteiger partial charge in [0, 0.05) is 12.6 Å². The van der Waals surface area contributed by atoms with Crippen LogP contribution in [-0.4, -0.2) is 47.5 Å². The first-order chi connectivity index (χ1) is 14.2. The zero-order valence-electron chi connectivity index (χ0n) is 18.6. The highest BCUT2D eigenvalue weighted by atomic mass is 16.6. The molecule has 0 aliphatic heterocycles. The summed E-state index contributed by atoms with van der Waals surface area (Å²) in [5.41, 5.74) is 0.122. The van der Waals surface area contributed by atoms with Gasteiger partial charge in [-0.15, -0.1) is 0 Å². The Labute approximate surface area is 179 Å². The van der Waals surface area contributed by atoms with Crippen LogP contribution in [0.25, 0.3) is 0 Å². The van der Waals surface area contributed by atoms with E-state index in [2.05, 4.69) is 17.6 Å². The van der Waals surface area contributed by atoms with Crippen LogP contribution in [0.4, 0.5) is 4.79 Å². The van der Waals surface area contributed by atoms with E-state index >= 15 is 0 Å². The third kappa shape index (κ3) is 7.69. The molecule has 1 aromatic carbocycles. The van der Waals surface area contributed by atoms with E-state index in [0.717, 1.165) is 37.7 Å². The van der Waals surface area contributed by atoms with E-state index in [1.54, 1.807) is 25.7 Å². The van der Waals surface area contributed by atoms with E-state index in [-0.39, 0.29) is 24.4 Å². The SMILES string of the molecule is CCCCCNC(=O)C(c1ccccc1)N(C(=O)CNC(=O)OC(C)(C)C)C1CC1. The number of rotatable bonds is 10. The van der Waals surface area contributed by atoms with E-state index < -0.39 is 17.7 Å². The highest BCUT2D eigenvalue weighted by Gasteiger charge is 2.41. The molecule has 0 heterocycles. The number of unbranched alkanes of at least 4 members (excludes halogenated alkanes) is 2. The molecule has 0 aromatic heterocycles. The highest BCUT2D eigenvalue weighted by Crippen LogP contribution is 2.34. The zero-order chi connectivity index (χ0) is 22.1. The first kappa shape index (κ1) is 23.7. The summed E-state index contributed by atoms with van der Waals surface area (Å²) in [5.74, 6) is -0.476. The number of nitrogens with one attached hydrogen (secondary N) is 2. The average Bonchev–Trinajstić information content (AvgIpc) is 3.51. The summed E-state index contributed by atoms with van der Waals surface area (Å²) in [6, 6.07) is 8.62. The van der Waals surface area contributed by atoms with Gasteiger partial charge in [-0.05, 0) is 45.6 Å². The van der Waals surface area contributed by atoms with Crippen LogP contribution in [0.1, 0.15) is 71.4 Å². The molecule has 1 aliphatic rings. The minimum Gasteiger partial charge on any atom is -0.444 e. The van der Waals surface area contributed by atoms with Crippen LogP contribution >= 0.6 is 0 Å². The fraction of sp³-hybridized carbons (Fsp3) is 0.609. The minimum atomic E-state index is -0.715. The molecule has 7 nitrogen and oxygen atoms in total. The number of carbonyl (C=O) groups is 3. The summed E-state index contributed by atoms with van der Waals surface area (Å²) in [5, 5.41) is 5.51. The van der Waals surface area contributed by atoms with Crippen molar-refractivity contribution in [1.29, 1.82) is 0 Å². The summed E-state index contributed by atoms with van der Waals surface area (Å²) in [4.78, 5) is 39.8. The quantitative estimate of drug-likeness (QED) is 0.570. The second kappa shape index (κ2) is 11.0. The number of nitrogens with zero attached hydrogens (tertiary/aromatic N) is 1. The van der Waals surface area contributed by atoms with Crippen molar-refractivity contribution in [2.45, 2.75) is 77.5 Å². The van der Waals surface area contributed by atoms with Crippen molar-refractivity contribution in [3.63, 3.8) is 0 Å². The molecule has 0 spiro atoms. The summed E-state index contributed by atoms with van der Waals surface area (Å²) in [6.45, 7) is 7.77. The van der Waals surface area contributed by atoms with Gasteiger partial charge in [-0.1, -0.05) is 50.1 Å². The molecular formula is C23H35N3O4. The van der Waals surface area contributed by atoms with Crippen LogP contribution in [0, 0.1) is 0 Å². The van der Waals surface area contributed by atoms with Gasteiger partial charge in [0.1, 0.15) is 18.2 Å². The van der Waals surface area contributed by atoms with Gasteiger partial charge >= 0.3 is 6.09 Å². The molecule has 1 unspecified atom stereocenters. The van der Waals surface area contributed by atoms with Crippen molar-refractivity contribution in [2.75, 3.05) is 13.1 Å². The molecule has 0 saturated heterocycles. The Morgan fingerprint density at radius 2 is 1.77 bits per heavy atom. The molecule has 0 bridgehead atoms. The number of hydrogen-bond acceptors (Lipinski definition) is 4. The molecule has 2 rings (SSSR count). The Bertz CT molecular complexity index is 711. The number of alkyl carbamates (subject to hydrolysis) is 1. The van der Waals surface area contributed by atoms with Crippen LogP contribution in [0.2, 0.25) is 0 Å². The Morgan fingerprint density at radius 1 is 1.10 bits per heavy atom. The van der Waals surface area contributed by atoms with Gasteiger partial charge in [0.15, 0.2) is 0 Å². The number of ether oxygens (including phenoxy) is 1. The van der Waals surface area contributed by atoms with E-state index in [1.807, 2.05) is 30.3 Å². The number of amides is 3. The van der Waals surface area contributed by atoms with Crippen molar-refractivity contribution in [3.05, 3.63) is 35.9 Å². The fourth-order valence-electron chi connectivity index (χ4n) is 3.22. The maximum atomic E-state index is 13.1. The van der Waals surface area contributed by atoms with Gasteiger partial charge in [0.2, 0.25) is 11.8 Å². The van der Waals surface area contributed by atoms with Crippen molar-refractivity contribution in [3.8, 4) is 0 Å². The maximum absolute atomic E-state index is 13.1. The molecule has 166 valence electrons. The lowest BCUT2D eigenvalue weighted by molar-refractivity contribution is -0.140. The van der Waals surface area contributed by atoms with Crippen molar-refractivity contribution in [1.82, 2.24) is 15.5 Å². The summed E-state index contributed by atoms with van der Waals surface area (Å²) >= 11 is 0. The van der Waals surface area contributed by atoms with Crippen molar-refractivity contribution >= 4 is 17.9 Å². The van der Waals surface area contributed by atoms with Crippen LogP contribution in [0.15, 0.2) is 30.3 Å². The third-order valence-electron chi connectivity index (χ3n) is 4.73. The average molecular weight is 418 g/mol. The molecule has 1 aliphatic carbocycles. The van der Waals surface area contributed by atoms with Crippen LogP contribution in [-0.2, 0) is 14.3 Å². The lowest BCUT2D eigenvalue weighted by Gasteiger charge is -2.32. The molecule has 1 aromatic rings. The smallest absolute Gasteiger partial charge is 0.408 e. The first-order valence-corrected chi connectivity index (χ1v) is 10.8. The monoisotopic (exact) mass is 417 g/mol. The number of benzene rings is 1. The molecule has 3 amide bonds. The predicted molar refractivity (Wildman–Crippen MR) is 116 cm³/mol. The van der Waals surface area contributed by atoms with Gasteiger partial charge in [-0.3, -0.25) is 9.59 Å². The standard InChI is InChI=1S/C23H35N3O4/c1-5-6-10-15-24-21(28)20(17-11-8-7-9-12-17)26(18-13-14-18)19(27)16-25-22(29)30-23(2,3)4/h7-9,11-12,18,20H,5-6,10,13-16H2,1-4H3,(H,24,28)(H,25,29). The van der Waals surface area contributed by atoms with E-state index in [9.17, 15) is 14.4 Å². The topological polar surface area (TPSA) is 87.7 Å². The molecule has 2 N–H and O–H groups in total. The third-order valence-corrected chi connectivity index (χ3v) is 4.73. The van der Waals surface area contributed by atoms with E-state index in [1.165, 1.54) is 0 Å². The van der Waals surface area contributed by atoms with Gasteiger partial charge in [-0.2, -0.15) is 0 Å². The summed E-state index contributed by atoms with van der Waals surface area (Å²) in [7, 11) is 0. The molecule has 1 saturated carbocycles. The Balaban J connectivity index is 2.13. The minimum absolute atomic E-state index is 0.00420. The molecule has 0 radical (unpaired) electrons. The van der Waals surface area contributed by atoms with Gasteiger partial charge in [-0.25, -0.2) is 4.79 Å². The number of hydrogen-bond donors (Lipinski definition) is 2. The Hall–Kier alpha value is -2.57. The van der Waals surface area contributed by atoms with Crippen molar-refractivity contribution in [2.24, 2.45) is 0 Å². The Kier molecular flexibility index (Phi) is 8.69. The van der Waals surface area contributed by atoms with Crippen LogP contribution in [0.5, 0.6) is 0 Å². The largest absolute Gasteiger partial charge is 0.444 e. The predicted octanol–water partition coefficient (Wildman–Crippen LogP) is 3.55. The van der Waals surface area contributed by atoms with Gasteiger partial charge in [0.25, 0.3) is 0 Å². The second-order valence-corrected chi connectivity index (χ2v) is 8.70. The first-order valence-electron chi connectivity index (χ1n) is 10.8. The zero-order valence-corrected chi connectivity index (χ0v) is 18.6. The highest BCUT2D eigenvalue weighted by molar-refractivity contribution is 5.90. The normalized spacial score (nSPS) is 14.5. The van der Waals surface area contributed by atoms with Crippen LogP contribution < -0.4 is 10.6 Å². The molecule has 1 atom stereocenters. The molecule has 1 fully saturated rings.